The third kappa shape index (κ3) is 3.76. The first-order valence-corrected chi connectivity index (χ1v) is 10.5. The monoisotopic (exact) mass is 384 g/mol. The van der Waals surface area contributed by atoms with Gasteiger partial charge in [-0.25, -0.2) is 0 Å². The Morgan fingerprint density at radius 2 is 1.96 bits per heavy atom. The molecule has 2 heterocycles. The molecule has 1 atom stereocenters. The van der Waals surface area contributed by atoms with Gasteiger partial charge in [0.2, 0.25) is 5.91 Å². The predicted octanol–water partition coefficient (Wildman–Crippen LogP) is 4.07. The molecule has 0 bridgehead atoms. The number of benzene rings is 1. The van der Waals surface area contributed by atoms with Crippen LogP contribution in [-0.4, -0.2) is 40.5 Å². The molecule has 2 amide bonds. The fourth-order valence-electron chi connectivity index (χ4n) is 3.92. The van der Waals surface area contributed by atoms with E-state index >= 15 is 0 Å². The minimum atomic E-state index is -0.0423. The number of nitrogens with zero attached hydrogens (tertiary/aromatic N) is 2. The van der Waals surface area contributed by atoms with E-state index in [1.54, 1.807) is 18.0 Å². The zero-order valence-corrected chi connectivity index (χ0v) is 16.3. The second kappa shape index (κ2) is 7.80. The molecule has 1 saturated carbocycles. The van der Waals surface area contributed by atoms with Crippen LogP contribution in [0.3, 0.4) is 0 Å². The first-order valence-electron chi connectivity index (χ1n) is 9.44. The van der Waals surface area contributed by atoms with Crippen molar-refractivity contribution in [2.45, 2.75) is 43.6 Å². The zero-order chi connectivity index (χ0) is 18.8. The number of furan rings is 1. The second-order valence-corrected chi connectivity index (χ2v) is 8.31. The summed E-state index contributed by atoms with van der Waals surface area (Å²) in [7, 11) is 1.91. The summed E-state index contributed by atoms with van der Waals surface area (Å²) in [6, 6.07) is 11.8. The van der Waals surface area contributed by atoms with Crippen LogP contribution in [0, 0.1) is 0 Å². The molecule has 2 aliphatic rings. The summed E-state index contributed by atoms with van der Waals surface area (Å²) in [5, 5.41) is -0.0423. The van der Waals surface area contributed by atoms with Gasteiger partial charge >= 0.3 is 0 Å². The quantitative estimate of drug-likeness (QED) is 0.780. The van der Waals surface area contributed by atoms with E-state index in [1.165, 1.54) is 12.8 Å². The van der Waals surface area contributed by atoms with E-state index in [0.717, 1.165) is 24.2 Å². The van der Waals surface area contributed by atoms with Gasteiger partial charge in [0.05, 0.1) is 18.6 Å². The van der Waals surface area contributed by atoms with Gasteiger partial charge in [-0.05, 0) is 42.7 Å². The number of carbonyl (C=O) groups is 2. The molecule has 0 spiro atoms. The highest BCUT2D eigenvalue weighted by Gasteiger charge is 2.33. The van der Waals surface area contributed by atoms with E-state index < -0.39 is 0 Å². The molecule has 27 heavy (non-hydrogen) atoms. The fraction of sp³-hybridized carbons (Fsp3) is 0.429. The molecule has 1 aliphatic carbocycles. The summed E-state index contributed by atoms with van der Waals surface area (Å²) in [5.74, 6) is 1.44. The molecule has 4 rings (SSSR count). The van der Waals surface area contributed by atoms with E-state index in [0.29, 0.717) is 23.9 Å². The van der Waals surface area contributed by atoms with Crippen LogP contribution in [0.1, 0.15) is 52.7 Å². The molecule has 2 aromatic rings. The summed E-state index contributed by atoms with van der Waals surface area (Å²) in [4.78, 5) is 28.8. The lowest BCUT2D eigenvalue weighted by Crippen LogP contribution is -2.35. The van der Waals surface area contributed by atoms with Crippen LogP contribution >= 0.6 is 11.8 Å². The highest BCUT2D eigenvalue weighted by molar-refractivity contribution is 8.00. The maximum absolute atomic E-state index is 12.7. The van der Waals surface area contributed by atoms with Crippen LogP contribution in [0.5, 0.6) is 0 Å². The summed E-state index contributed by atoms with van der Waals surface area (Å²) in [5.41, 5.74) is 1.75. The maximum Gasteiger partial charge on any atom is 0.253 e. The van der Waals surface area contributed by atoms with Gasteiger partial charge in [-0.3, -0.25) is 9.59 Å². The van der Waals surface area contributed by atoms with Gasteiger partial charge in [-0.1, -0.05) is 25.0 Å². The number of hydrogen-bond acceptors (Lipinski definition) is 4. The van der Waals surface area contributed by atoms with Gasteiger partial charge in [0.15, 0.2) is 0 Å². The third-order valence-electron chi connectivity index (χ3n) is 5.51. The maximum atomic E-state index is 12.7. The first-order chi connectivity index (χ1) is 13.1. The number of thioether (sulfide) groups is 1. The Hall–Kier alpha value is -2.21. The van der Waals surface area contributed by atoms with Crippen molar-refractivity contribution in [3.05, 3.63) is 59.5 Å². The van der Waals surface area contributed by atoms with Crippen molar-refractivity contribution in [1.82, 2.24) is 9.80 Å². The van der Waals surface area contributed by atoms with Crippen molar-refractivity contribution in [2.24, 2.45) is 0 Å². The Morgan fingerprint density at radius 1 is 1.22 bits per heavy atom. The molecular formula is C21H24N2O3S. The molecule has 1 saturated heterocycles. The highest BCUT2D eigenvalue weighted by atomic mass is 32.2. The Bertz CT molecular complexity index is 797. The average Bonchev–Trinajstić information content (AvgIpc) is 3.45. The van der Waals surface area contributed by atoms with Crippen LogP contribution in [-0.2, 0) is 11.3 Å². The zero-order valence-electron chi connectivity index (χ0n) is 15.5. The number of rotatable bonds is 5. The van der Waals surface area contributed by atoms with Gasteiger partial charge in [-0.2, -0.15) is 0 Å². The molecule has 142 valence electrons. The van der Waals surface area contributed by atoms with Gasteiger partial charge in [0.1, 0.15) is 11.1 Å². The smallest absolute Gasteiger partial charge is 0.253 e. The normalized spacial score (nSPS) is 20.4. The SMILES string of the molecule is CN(C(=O)c1ccc(C2SCC(=O)N2Cc2ccco2)cc1)C1CCCC1. The van der Waals surface area contributed by atoms with Crippen molar-refractivity contribution in [3.8, 4) is 0 Å². The van der Waals surface area contributed by atoms with E-state index in [4.69, 9.17) is 4.42 Å². The Balaban J connectivity index is 1.47. The van der Waals surface area contributed by atoms with Gasteiger partial charge < -0.3 is 14.2 Å². The lowest BCUT2D eigenvalue weighted by atomic mass is 10.1. The van der Waals surface area contributed by atoms with Crippen LogP contribution < -0.4 is 0 Å². The summed E-state index contributed by atoms with van der Waals surface area (Å²) in [6.45, 7) is 0.467. The topological polar surface area (TPSA) is 53.8 Å². The van der Waals surface area contributed by atoms with Crippen molar-refractivity contribution in [3.63, 3.8) is 0 Å². The van der Waals surface area contributed by atoms with Gasteiger partial charge in [-0.15, -0.1) is 11.8 Å². The van der Waals surface area contributed by atoms with Crippen molar-refractivity contribution in [1.29, 1.82) is 0 Å². The molecule has 2 fully saturated rings. The number of carbonyl (C=O) groups excluding carboxylic acids is 2. The second-order valence-electron chi connectivity index (χ2n) is 7.24. The lowest BCUT2D eigenvalue weighted by Gasteiger charge is -2.25. The van der Waals surface area contributed by atoms with E-state index in [-0.39, 0.29) is 17.2 Å². The van der Waals surface area contributed by atoms with Crippen LogP contribution in [0.2, 0.25) is 0 Å². The standard InChI is InChI=1S/C21H24N2O3S/c1-22(17-5-2-3-6-17)20(25)15-8-10-16(11-9-15)21-23(19(24)14-27-21)13-18-7-4-12-26-18/h4,7-12,17,21H,2-3,5-6,13-14H2,1H3. The van der Waals surface area contributed by atoms with Crippen molar-refractivity contribution < 1.29 is 14.0 Å². The van der Waals surface area contributed by atoms with E-state index in [2.05, 4.69) is 0 Å². The lowest BCUT2D eigenvalue weighted by molar-refractivity contribution is -0.128. The first kappa shape index (κ1) is 18.2. The van der Waals surface area contributed by atoms with Crippen LogP contribution in [0.4, 0.5) is 0 Å². The largest absolute Gasteiger partial charge is 0.467 e. The molecule has 1 unspecified atom stereocenters. The molecule has 6 heteroatoms. The summed E-state index contributed by atoms with van der Waals surface area (Å²) in [6.07, 6.45) is 6.24. The molecular weight excluding hydrogens is 360 g/mol. The van der Waals surface area contributed by atoms with Crippen molar-refractivity contribution >= 4 is 23.6 Å². The van der Waals surface area contributed by atoms with Gasteiger partial charge in [0.25, 0.3) is 5.91 Å². The number of hydrogen-bond donors (Lipinski definition) is 0. The fourth-order valence-corrected chi connectivity index (χ4v) is 5.11. The highest BCUT2D eigenvalue weighted by Crippen LogP contribution is 2.39. The molecule has 0 radical (unpaired) electrons. The predicted molar refractivity (Wildman–Crippen MR) is 105 cm³/mol. The Morgan fingerprint density at radius 3 is 2.63 bits per heavy atom. The summed E-state index contributed by atoms with van der Waals surface area (Å²) >= 11 is 1.61. The molecule has 1 aromatic heterocycles. The molecule has 1 aromatic carbocycles. The minimum absolute atomic E-state index is 0.0423. The van der Waals surface area contributed by atoms with Crippen LogP contribution in [0.25, 0.3) is 0 Å². The summed E-state index contributed by atoms with van der Waals surface area (Å²) < 4.78 is 5.40. The Labute approximate surface area is 163 Å². The molecule has 5 nitrogen and oxygen atoms in total. The van der Waals surface area contributed by atoms with E-state index in [1.807, 2.05) is 53.2 Å². The molecule has 1 aliphatic heterocycles. The third-order valence-corrected chi connectivity index (χ3v) is 6.77. The van der Waals surface area contributed by atoms with E-state index in [9.17, 15) is 9.59 Å². The minimum Gasteiger partial charge on any atom is -0.467 e. The molecule has 0 N–H and O–H groups in total. The average molecular weight is 385 g/mol. The van der Waals surface area contributed by atoms with Crippen molar-refractivity contribution in [2.75, 3.05) is 12.8 Å². The Kier molecular flexibility index (Phi) is 5.25. The van der Waals surface area contributed by atoms with Crippen LogP contribution in [0.15, 0.2) is 47.1 Å². The van der Waals surface area contributed by atoms with Gasteiger partial charge in [0, 0.05) is 18.7 Å². The number of amides is 2.